The number of hydrogen-bond donors (Lipinski definition) is 1. The summed E-state index contributed by atoms with van der Waals surface area (Å²) in [5.74, 6) is 0.747. The molecule has 0 aliphatic heterocycles. The van der Waals surface area contributed by atoms with E-state index < -0.39 is 0 Å². The minimum Gasteiger partial charge on any atom is -0.493 e. The van der Waals surface area contributed by atoms with Crippen LogP contribution < -0.4 is 10.1 Å². The SMILES string of the molecule is CNC(c1ccccc1Cl)c1c(OC)cnn1C. The second-order valence-electron chi connectivity index (χ2n) is 3.96. The molecule has 0 aliphatic carbocycles. The van der Waals surface area contributed by atoms with Crippen LogP contribution in [0, 0.1) is 0 Å². The highest BCUT2D eigenvalue weighted by Crippen LogP contribution is 2.32. The van der Waals surface area contributed by atoms with Crippen molar-refractivity contribution < 1.29 is 4.74 Å². The molecule has 1 unspecified atom stereocenters. The number of nitrogens with one attached hydrogen (secondary N) is 1. The average molecular weight is 266 g/mol. The van der Waals surface area contributed by atoms with Gasteiger partial charge in [0.05, 0.1) is 19.3 Å². The molecular formula is C13H16ClN3O. The van der Waals surface area contributed by atoms with Crippen molar-refractivity contribution in [3.8, 4) is 5.75 Å². The Kier molecular flexibility index (Phi) is 3.89. The van der Waals surface area contributed by atoms with Crippen LogP contribution in [0.1, 0.15) is 17.3 Å². The summed E-state index contributed by atoms with van der Waals surface area (Å²) >= 11 is 6.25. The lowest BCUT2D eigenvalue weighted by atomic mass is 10.0. The average Bonchev–Trinajstić information content (AvgIpc) is 2.74. The van der Waals surface area contributed by atoms with Gasteiger partial charge in [0, 0.05) is 12.1 Å². The second kappa shape index (κ2) is 5.42. The highest BCUT2D eigenvalue weighted by molar-refractivity contribution is 6.31. The lowest BCUT2D eigenvalue weighted by Crippen LogP contribution is -2.21. The Morgan fingerprint density at radius 2 is 2.11 bits per heavy atom. The maximum absolute atomic E-state index is 6.25. The number of hydrogen-bond acceptors (Lipinski definition) is 3. The van der Waals surface area contributed by atoms with Crippen LogP contribution in [0.5, 0.6) is 5.75 Å². The molecule has 0 saturated heterocycles. The maximum Gasteiger partial charge on any atom is 0.161 e. The first kappa shape index (κ1) is 12.9. The highest BCUT2D eigenvalue weighted by atomic mass is 35.5. The van der Waals surface area contributed by atoms with Crippen molar-refractivity contribution in [3.05, 3.63) is 46.7 Å². The van der Waals surface area contributed by atoms with Gasteiger partial charge in [-0.25, -0.2) is 0 Å². The molecule has 2 rings (SSSR count). The van der Waals surface area contributed by atoms with E-state index in [0.29, 0.717) is 0 Å². The fraction of sp³-hybridized carbons (Fsp3) is 0.308. The summed E-state index contributed by atoms with van der Waals surface area (Å²) in [7, 11) is 5.42. The van der Waals surface area contributed by atoms with E-state index in [-0.39, 0.29) is 6.04 Å². The molecule has 1 heterocycles. The van der Waals surface area contributed by atoms with Crippen LogP contribution in [-0.4, -0.2) is 23.9 Å². The molecular weight excluding hydrogens is 250 g/mol. The quantitative estimate of drug-likeness (QED) is 0.923. The summed E-state index contributed by atoms with van der Waals surface area (Å²) in [6, 6.07) is 7.70. The Balaban J connectivity index is 2.52. The molecule has 2 aromatic rings. The number of benzene rings is 1. The molecule has 1 N–H and O–H groups in total. The first-order valence-corrected chi connectivity index (χ1v) is 6.04. The lowest BCUT2D eigenvalue weighted by molar-refractivity contribution is 0.402. The van der Waals surface area contributed by atoms with E-state index >= 15 is 0 Å². The van der Waals surface area contributed by atoms with E-state index in [4.69, 9.17) is 16.3 Å². The van der Waals surface area contributed by atoms with E-state index in [2.05, 4.69) is 10.4 Å². The second-order valence-corrected chi connectivity index (χ2v) is 4.37. The third kappa shape index (κ3) is 2.21. The van der Waals surface area contributed by atoms with Crippen molar-refractivity contribution in [3.63, 3.8) is 0 Å². The summed E-state index contributed by atoms with van der Waals surface area (Å²) in [5.41, 5.74) is 1.96. The third-order valence-electron chi connectivity index (χ3n) is 2.95. The summed E-state index contributed by atoms with van der Waals surface area (Å²) in [5, 5.41) is 8.19. The normalized spacial score (nSPS) is 12.4. The summed E-state index contributed by atoms with van der Waals surface area (Å²) in [6.45, 7) is 0. The van der Waals surface area contributed by atoms with Gasteiger partial charge in [-0.05, 0) is 18.7 Å². The molecule has 96 valence electrons. The summed E-state index contributed by atoms with van der Waals surface area (Å²) in [4.78, 5) is 0. The van der Waals surface area contributed by atoms with Gasteiger partial charge in [0.1, 0.15) is 5.69 Å². The van der Waals surface area contributed by atoms with Crippen LogP contribution in [0.15, 0.2) is 30.5 Å². The van der Waals surface area contributed by atoms with E-state index in [0.717, 1.165) is 22.0 Å². The van der Waals surface area contributed by atoms with Crippen molar-refractivity contribution in [2.75, 3.05) is 14.2 Å². The Morgan fingerprint density at radius 1 is 1.39 bits per heavy atom. The topological polar surface area (TPSA) is 39.1 Å². The van der Waals surface area contributed by atoms with Crippen molar-refractivity contribution in [2.24, 2.45) is 7.05 Å². The number of ether oxygens (including phenoxy) is 1. The molecule has 1 aromatic heterocycles. The zero-order valence-electron chi connectivity index (χ0n) is 10.6. The first-order chi connectivity index (χ1) is 8.69. The minimum absolute atomic E-state index is 0.0545. The Morgan fingerprint density at radius 3 is 2.72 bits per heavy atom. The number of halogens is 1. The Hall–Kier alpha value is -1.52. The molecule has 0 fully saturated rings. The lowest BCUT2D eigenvalue weighted by Gasteiger charge is -2.19. The van der Waals surface area contributed by atoms with Gasteiger partial charge in [0.2, 0.25) is 0 Å². The fourth-order valence-electron chi connectivity index (χ4n) is 2.06. The van der Waals surface area contributed by atoms with Gasteiger partial charge in [-0.2, -0.15) is 5.10 Å². The summed E-state index contributed by atoms with van der Waals surface area (Å²) < 4.78 is 7.14. The maximum atomic E-state index is 6.25. The van der Waals surface area contributed by atoms with Crippen LogP contribution in [0.3, 0.4) is 0 Å². The summed E-state index contributed by atoms with van der Waals surface area (Å²) in [6.07, 6.45) is 1.70. The van der Waals surface area contributed by atoms with E-state index in [1.165, 1.54) is 0 Å². The van der Waals surface area contributed by atoms with Crippen molar-refractivity contribution in [1.82, 2.24) is 15.1 Å². The van der Waals surface area contributed by atoms with Gasteiger partial charge in [0.15, 0.2) is 5.75 Å². The van der Waals surface area contributed by atoms with Crippen molar-refractivity contribution in [1.29, 1.82) is 0 Å². The number of aromatic nitrogens is 2. The van der Waals surface area contributed by atoms with Crippen molar-refractivity contribution >= 4 is 11.6 Å². The highest BCUT2D eigenvalue weighted by Gasteiger charge is 2.22. The van der Waals surface area contributed by atoms with Crippen LogP contribution in [0.2, 0.25) is 5.02 Å². The molecule has 0 radical (unpaired) electrons. The van der Waals surface area contributed by atoms with E-state index in [1.807, 2.05) is 38.4 Å². The van der Waals surface area contributed by atoms with Crippen LogP contribution >= 0.6 is 11.6 Å². The van der Waals surface area contributed by atoms with Crippen molar-refractivity contribution in [2.45, 2.75) is 6.04 Å². The molecule has 4 nitrogen and oxygen atoms in total. The molecule has 5 heteroatoms. The van der Waals surface area contributed by atoms with Gasteiger partial charge in [-0.1, -0.05) is 29.8 Å². The zero-order valence-corrected chi connectivity index (χ0v) is 11.4. The van der Waals surface area contributed by atoms with Crippen LogP contribution in [0.4, 0.5) is 0 Å². The van der Waals surface area contributed by atoms with Crippen LogP contribution in [0.25, 0.3) is 0 Å². The van der Waals surface area contributed by atoms with Crippen LogP contribution in [-0.2, 0) is 7.05 Å². The van der Waals surface area contributed by atoms with E-state index in [1.54, 1.807) is 18.0 Å². The fourth-order valence-corrected chi connectivity index (χ4v) is 2.31. The van der Waals surface area contributed by atoms with Gasteiger partial charge in [-0.15, -0.1) is 0 Å². The molecule has 0 bridgehead atoms. The number of rotatable bonds is 4. The molecule has 0 saturated carbocycles. The molecule has 0 spiro atoms. The van der Waals surface area contributed by atoms with E-state index in [9.17, 15) is 0 Å². The number of aryl methyl sites for hydroxylation is 1. The zero-order chi connectivity index (χ0) is 13.1. The third-order valence-corrected chi connectivity index (χ3v) is 3.29. The van der Waals surface area contributed by atoms with Gasteiger partial charge < -0.3 is 10.1 Å². The largest absolute Gasteiger partial charge is 0.493 e. The molecule has 0 amide bonds. The molecule has 1 atom stereocenters. The predicted molar refractivity (Wildman–Crippen MR) is 72.1 cm³/mol. The smallest absolute Gasteiger partial charge is 0.161 e. The number of methoxy groups -OCH3 is 1. The molecule has 1 aromatic carbocycles. The van der Waals surface area contributed by atoms with Gasteiger partial charge in [0.25, 0.3) is 0 Å². The first-order valence-electron chi connectivity index (χ1n) is 5.66. The van der Waals surface area contributed by atoms with Gasteiger partial charge in [-0.3, -0.25) is 4.68 Å². The monoisotopic (exact) mass is 265 g/mol. The Bertz CT molecular complexity index is 539. The number of nitrogens with zero attached hydrogens (tertiary/aromatic N) is 2. The van der Waals surface area contributed by atoms with Gasteiger partial charge >= 0.3 is 0 Å². The minimum atomic E-state index is -0.0545. The molecule has 18 heavy (non-hydrogen) atoms. The Labute approximate surface area is 112 Å². The predicted octanol–water partition coefficient (Wildman–Crippen LogP) is 2.39. The molecule has 0 aliphatic rings. The standard InChI is InChI=1S/C13H16ClN3O/c1-15-12(9-6-4-5-7-10(9)14)13-11(18-3)8-16-17(13)2/h4-8,12,15H,1-3H3.